The summed E-state index contributed by atoms with van der Waals surface area (Å²) in [4.78, 5) is 40.8. The Balaban J connectivity index is 1.86. The van der Waals surface area contributed by atoms with Crippen molar-refractivity contribution in [2.75, 3.05) is 4.90 Å². The SMILES string of the molecule is Cc1ccc(C)c2sc(N(Cc3ccccc3)C(=O)c3cc([N+](=O)[O-])cc([N+](=O)[O-])c3)nc12. The summed E-state index contributed by atoms with van der Waals surface area (Å²) in [5.74, 6) is -0.611. The van der Waals surface area contributed by atoms with Crippen LogP contribution in [0, 0.1) is 34.1 Å². The highest BCUT2D eigenvalue weighted by molar-refractivity contribution is 7.22. The molecule has 0 N–H and O–H groups in total. The Morgan fingerprint density at radius 1 is 0.939 bits per heavy atom. The molecule has 4 aromatic rings. The molecular weight excluding hydrogens is 444 g/mol. The molecule has 0 saturated heterocycles. The number of anilines is 1. The van der Waals surface area contributed by atoms with E-state index in [9.17, 15) is 25.0 Å². The number of amides is 1. The van der Waals surface area contributed by atoms with Gasteiger partial charge in [-0.25, -0.2) is 4.98 Å². The second-order valence-corrected chi connectivity index (χ2v) is 8.48. The summed E-state index contributed by atoms with van der Waals surface area (Å²) in [6, 6.07) is 16.1. The predicted octanol–water partition coefficient (Wildman–Crippen LogP) is 5.58. The first kappa shape index (κ1) is 22.0. The summed E-state index contributed by atoms with van der Waals surface area (Å²) < 4.78 is 0.931. The van der Waals surface area contributed by atoms with Crippen LogP contribution in [0.4, 0.5) is 16.5 Å². The van der Waals surface area contributed by atoms with E-state index < -0.39 is 27.1 Å². The van der Waals surface area contributed by atoms with Crippen LogP contribution < -0.4 is 4.90 Å². The molecule has 1 aromatic heterocycles. The number of aryl methyl sites for hydroxylation is 2. The van der Waals surface area contributed by atoms with Crippen LogP contribution in [-0.4, -0.2) is 20.7 Å². The number of thiazole rings is 1. The molecule has 33 heavy (non-hydrogen) atoms. The lowest BCUT2D eigenvalue weighted by Gasteiger charge is -2.20. The zero-order valence-electron chi connectivity index (χ0n) is 17.7. The largest absolute Gasteiger partial charge is 0.279 e. The van der Waals surface area contributed by atoms with Crippen LogP contribution >= 0.6 is 11.3 Å². The second-order valence-electron chi connectivity index (χ2n) is 7.50. The number of hydrogen-bond acceptors (Lipinski definition) is 7. The van der Waals surface area contributed by atoms with Gasteiger partial charge >= 0.3 is 0 Å². The van der Waals surface area contributed by atoms with Crippen molar-refractivity contribution >= 4 is 44.0 Å². The van der Waals surface area contributed by atoms with Gasteiger partial charge in [0, 0.05) is 12.1 Å². The van der Waals surface area contributed by atoms with Crippen molar-refractivity contribution in [1.29, 1.82) is 0 Å². The number of nitro benzene ring substituents is 2. The number of nitro groups is 2. The molecule has 0 aliphatic heterocycles. The molecule has 0 radical (unpaired) electrons. The van der Waals surface area contributed by atoms with Gasteiger partial charge in [0.2, 0.25) is 0 Å². The minimum Gasteiger partial charge on any atom is -0.279 e. The fourth-order valence-electron chi connectivity index (χ4n) is 3.44. The Morgan fingerprint density at radius 3 is 2.12 bits per heavy atom. The van der Waals surface area contributed by atoms with Crippen LogP contribution in [0.2, 0.25) is 0 Å². The van der Waals surface area contributed by atoms with Crippen LogP contribution in [0.1, 0.15) is 27.0 Å². The topological polar surface area (TPSA) is 119 Å². The fourth-order valence-corrected chi connectivity index (χ4v) is 4.55. The molecule has 0 aliphatic carbocycles. The lowest BCUT2D eigenvalue weighted by Crippen LogP contribution is -2.30. The highest BCUT2D eigenvalue weighted by Gasteiger charge is 2.26. The molecule has 4 rings (SSSR count). The summed E-state index contributed by atoms with van der Waals surface area (Å²) in [7, 11) is 0. The Kier molecular flexibility index (Phi) is 5.84. The van der Waals surface area contributed by atoms with Gasteiger partial charge in [0.15, 0.2) is 5.13 Å². The average molecular weight is 462 g/mol. The van der Waals surface area contributed by atoms with Gasteiger partial charge in [0.1, 0.15) is 0 Å². The van der Waals surface area contributed by atoms with Gasteiger partial charge in [-0.05, 0) is 30.5 Å². The van der Waals surface area contributed by atoms with Gasteiger partial charge in [-0.3, -0.25) is 29.9 Å². The molecule has 166 valence electrons. The Labute approximate surface area is 192 Å². The Hall–Kier alpha value is -4.18. The lowest BCUT2D eigenvalue weighted by atomic mass is 10.1. The van der Waals surface area contributed by atoms with E-state index in [0.717, 1.165) is 45.1 Å². The first-order valence-electron chi connectivity index (χ1n) is 9.91. The van der Waals surface area contributed by atoms with E-state index in [4.69, 9.17) is 0 Å². The molecule has 0 atom stereocenters. The van der Waals surface area contributed by atoms with Crippen molar-refractivity contribution in [1.82, 2.24) is 4.98 Å². The van der Waals surface area contributed by atoms with Gasteiger partial charge in [-0.15, -0.1) is 0 Å². The zero-order valence-corrected chi connectivity index (χ0v) is 18.5. The van der Waals surface area contributed by atoms with E-state index in [1.807, 2.05) is 56.3 Å². The number of carbonyl (C=O) groups is 1. The number of non-ortho nitro benzene ring substituents is 2. The van der Waals surface area contributed by atoms with E-state index in [2.05, 4.69) is 4.98 Å². The highest BCUT2D eigenvalue weighted by atomic mass is 32.1. The maximum absolute atomic E-state index is 13.6. The number of hydrogen-bond donors (Lipinski definition) is 0. The molecule has 0 spiro atoms. The molecule has 3 aromatic carbocycles. The first-order chi connectivity index (χ1) is 15.7. The average Bonchev–Trinajstić information content (AvgIpc) is 3.26. The molecule has 0 saturated carbocycles. The van der Waals surface area contributed by atoms with Gasteiger partial charge in [0.05, 0.1) is 38.2 Å². The summed E-state index contributed by atoms with van der Waals surface area (Å²) in [6.45, 7) is 4.03. The van der Waals surface area contributed by atoms with Crippen LogP contribution in [0.5, 0.6) is 0 Å². The van der Waals surface area contributed by atoms with Gasteiger partial charge in [0.25, 0.3) is 17.3 Å². The standard InChI is InChI=1S/C23H18N4O5S/c1-14-8-9-15(2)21-20(14)24-23(33-21)25(13-16-6-4-3-5-7-16)22(28)17-10-18(26(29)30)12-19(11-17)27(31)32/h3-12H,13H2,1-2H3. The van der Waals surface area contributed by atoms with Crippen molar-refractivity contribution in [3.05, 3.63) is 103 Å². The van der Waals surface area contributed by atoms with Crippen molar-refractivity contribution in [3.63, 3.8) is 0 Å². The molecular formula is C23H18N4O5S. The third-order valence-electron chi connectivity index (χ3n) is 5.16. The number of benzene rings is 3. The van der Waals surface area contributed by atoms with Crippen molar-refractivity contribution < 1.29 is 14.6 Å². The van der Waals surface area contributed by atoms with Gasteiger partial charge in [-0.1, -0.05) is 53.8 Å². The monoisotopic (exact) mass is 462 g/mol. The molecule has 0 unspecified atom stereocenters. The first-order valence-corrected chi connectivity index (χ1v) is 10.7. The highest BCUT2D eigenvalue weighted by Crippen LogP contribution is 2.35. The quantitative estimate of drug-likeness (QED) is 0.273. The van der Waals surface area contributed by atoms with E-state index in [-0.39, 0.29) is 12.1 Å². The van der Waals surface area contributed by atoms with Crippen LogP contribution in [-0.2, 0) is 6.54 Å². The maximum atomic E-state index is 13.6. The number of rotatable bonds is 6. The number of carbonyl (C=O) groups excluding carboxylic acids is 1. The van der Waals surface area contributed by atoms with Crippen LogP contribution in [0.25, 0.3) is 10.2 Å². The Bertz CT molecular complexity index is 1330. The molecule has 0 bridgehead atoms. The van der Waals surface area contributed by atoms with E-state index in [1.165, 1.54) is 16.2 Å². The minimum absolute atomic E-state index is 0.147. The molecule has 1 heterocycles. The third-order valence-corrected chi connectivity index (χ3v) is 6.38. The summed E-state index contributed by atoms with van der Waals surface area (Å²) in [5, 5.41) is 23.1. The zero-order chi connectivity index (χ0) is 23.7. The minimum atomic E-state index is -0.754. The van der Waals surface area contributed by atoms with E-state index in [0.29, 0.717) is 5.13 Å². The maximum Gasteiger partial charge on any atom is 0.277 e. The van der Waals surface area contributed by atoms with Crippen LogP contribution in [0.15, 0.2) is 60.7 Å². The number of nitrogens with zero attached hydrogens (tertiary/aromatic N) is 4. The summed E-state index contributed by atoms with van der Waals surface area (Å²) in [6.07, 6.45) is 0. The number of fused-ring (bicyclic) bond motifs is 1. The number of aromatic nitrogens is 1. The molecule has 1 amide bonds. The van der Waals surface area contributed by atoms with Crippen LogP contribution in [0.3, 0.4) is 0 Å². The van der Waals surface area contributed by atoms with Crippen molar-refractivity contribution in [2.45, 2.75) is 20.4 Å². The fraction of sp³-hybridized carbons (Fsp3) is 0.130. The van der Waals surface area contributed by atoms with Gasteiger partial charge in [-0.2, -0.15) is 0 Å². The lowest BCUT2D eigenvalue weighted by molar-refractivity contribution is -0.394. The van der Waals surface area contributed by atoms with E-state index >= 15 is 0 Å². The Morgan fingerprint density at radius 2 is 1.55 bits per heavy atom. The van der Waals surface area contributed by atoms with E-state index in [1.54, 1.807) is 0 Å². The normalized spacial score (nSPS) is 10.8. The predicted molar refractivity (Wildman–Crippen MR) is 126 cm³/mol. The van der Waals surface area contributed by atoms with Gasteiger partial charge < -0.3 is 0 Å². The molecule has 10 heteroatoms. The summed E-state index contributed by atoms with van der Waals surface area (Å²) in [5.41, 5.74) is 2.35. The smallest absolute Gasteiger partial charge is 0.277 e. The summed E-state index contributed by atoms with van der Waals surface area (Å²) >= 11 is 1.34. The molecule has 9 nitrogen and oxygen atoms in total. The van der Waals surface area contributed by atoms with Crippen molar-refractivity contribution in [2.24, 2.45) is 0 Å². The molecule has 0 aliphatic rings. The third kappa shape index (κ3) is 4.41. The van der Waals surface area contributed by atoms with Crippen molar-refractivity contribution in [3.8, 4) is 0 Å². The molecule has 0 fully saturated rings. The second kappa shape index (κ2) is 8.75.